The second kappa shape index (κ2) is 7.54. The number of hydrogen-bond donors (Lipinski definition) is 1. The lowest BCUT2D eigenvalue weighted by molar-refractivity contribution is 0.102. The molecule has 0 saturated heterocycles. The fourth-order valence-electron chi connectivity index (χ4n) is 2.16. The van der Waals surface area contributed by atoms with Gasteiger partial charge in [0.05, 0.1) is 34.0 Å². The van der Waals surface area contributed by atoms with Crippen molar-refractivity contribution >= 4 is 11.6 Å². The van der Waals surface area contributed by atoms with Crippen molar-refractivity contribution in [1.29, 1.82) is 0 Å². The van der Waals surface area contributed by atoms with Crippen molar-refractivity contribution in [2.24, 2.45) is 0 Å². The Labute approximate surface area is 139 Å². The number of carbonyl (C=O) groups is 1. The zero-order chi connectivity index (χ0) is 17.7. The van der Waals surface area contributed by atoms with Crippen LogP contribution in [0.3, 0.4) is 0 Å². The second-order valence-electron chi connectivity index (χ2n) is 4.71. The highest BCUT2D eigenvalue weighted by atomic mass is 19.1. The lowest BCUT2D eigenvalue weighted by Crippen LogP contribution is -2.14. The highest BCUT2D eigenvalue weighted by Gasteiger charge is 2.17. The fourth-order valence-corrected chi connectivity index (χ4v) is 2.16. The molecule has 0 atom stereocenters. The van der Waals surface area contributed by atoms with E-state index in [-0.39, 0.29) is 5.56 Å². The van der Waals surface area contributed by atoms with E-state index >= 15 is 0 Å². The molecule has 7 heteroatoms. The number of halogens is 1. The van der Waals surface area contributed by atoms with Gasteiger partial charge in [-0.2, -0.15) is 0 Å². The number of nitrogens with one attached hydrogen (secondary N) is 1. The number of benzene rings is 2. The molecule has 0 radical (unpaired) electrons. The van der Waals surface area contributed by atoms with Gasteiger partial charge in [-0.15, -0.1) is 0 Å². The van der Waals surface area contributed by atoms with Crippen LogP contribution in [0.2, 0.25) is 0 Å². The van der Waals surface area contributed by atoms with Gasteiger partial charge in [0.25, 0.3) is 5.91 Å². The molecule has 2 aromatic rings. The van der Waals surface area contributed by atoms with E-state index in [0.717, 1.165) is 6.07 Å². The van der Waals surface area contributed by atoms with Gasteiger partial charge in [-0.25, -0.2) is 4.39 Å². The molecule has 128 valence electrons. The largest absolute Gasteiger partial charge is 0.497 e. The molecule has 24 heavy (non-hydrogen) atoms. The third-order valence-electron chi connectivity index (χ3n) is 3.34. The molecule has 0 heterocycles. The highest BCUT2D eigenvalue weighted by Crippen LogP contribution is 2.40. The van der Waals surface area contributed by atoms with Crippen molar-refractivity contribution in [3.63, 3.8) is 0 Å². The summed E-state index contributed by atoms with van der Waals surface area (Å²) in [6.07, 6.45) is 0. The number of amides is 1. The Morgan fingerprint density at radius 1 is 0.917 bits per heavy atom. The first-order valence-electron chi connectivity index (χ1n) is 6.99. The van der Waals surface area contributed by atoms with Crippen molar-refractivity contribution in [1.82, 2.24) is 0 Å². The van der Waals surface area contributed by atoms with E-state index < -0.39 is 11.7 Å². The Hall–Kier alpha value is -2.96. The number of hydrogen-bond acceptors (Lipinski definition) is 5. The molecule has 0 bridgehead atoms. The summed E-state index contributed by atoms with van der Waals surface area (Å²) in [6, 6.07) is 7.11. The summed E-state index contributed by atoms with van der Waals surface area (Å²) >= 11 is 0. The molecule has 0 aliphatic heterocycles. The average Bonchev–Trinajstić information content (AvgIpc) is 2.60. The van der Waals surface area contributed by atoms with Gasteiger partial charge in [-0.3, -0.25) is 4.79 Å². The van der Waals surface area contributed by atoms with E-state index in [1.54, 1.807) is 12.1 Å². The van der Waals surface area contributed by atoms with Crippen molar-refractivity contribution in [2.45, 2.75) is 0 Å². The minimum absolute atomic E-state index is 0.107. The minimum Gasteiger partial charge on any atom is -0.497 e. The van der Waals surface area contributed by atoms with Crippen LogP contribution in [0, 0.1) is 5.82 Å². The van der Waals surface area contributed by atoms with E-state index in [1.807, 2.05) is 0 Å². The van der Waals surface area contributed by atoms with E-state index in [9.17, 15) is 9.18 Å². The molecule has 0 unspecified atom stereocenters. The molecule has 2 aromatic carbocycles. The zero-order valence-electron chi connectivity index (χ0n) is 13.8. The monoisotopic (exact) mass is 335 g/mol. The van der Waals surface area contributed by atoms with Crippen LogP contribution in [0.1, 0.15) is 10.4 Å². The molecule has 0 spiro atoms. The topological polar surface area (TPSA) is 66.0 Å². The van der Waals surface area contributed by atoms with Gasteiger partial charge in [-0.05, 0) is 12.1 Å². The number of carbonyl (C=O) groups excluding carboxylic acids is 1. The quantitative estimate of drug-likeness (QED) is 0.879. The molecule has 0 fully saturated rings. The second-order valence-corrected chi connectivity index (χ2v) is 4.71. The summed E-state index contributed by atoms with van der Waals surface area (Å²) in [6.45, 7) is 0. The molecule has 6 nitrogen and oxygen atoms in total. The van der Waals surface area contributed by atoms with Gasteiger partial charge in [0.15, 0.2) is 11.5 Å². The van der Waals surface area contributed by atoms with Crippen LogP contribution >= 0.6 is 0 Å². The van der Waals surface area contributed by atoms with Crippen LogP contribution in [-0.2, 0) is 0 Å². The van der Waals surface area contributed by atoms with Crippen LogP contribution in [0.4, 0.5) is 10.1 Å². The normalized spacial score (nSPS) is 10.0. The number of methoxy groups -OCH3 is 4. The van der Waals surface area contributed by atoms with Gasteiger partial charge in [0, 0.05) is 23.9 Å². The highest BCUT2D eigenvalue weighted by molar-refractivity contribution is 6.04. The Morgan fingerprint density at radius 2 is 1.54 bits per heavy atom. The van der Waals surface area contributed by atoms with Crippen molar-refractivity contribution in [3.05, 3.63) is 41.7 Å². The Bertz CT molecular complexity index is 723. The SMILES string of the molecule is COc1ccc(C(=O)Nc2cc(OC)c(OC)c(OC)c2)c(F)c1. The van der Waals surface area contributed by atoms with Gasteiger partial charge in [0.1, 0.15) is 11.6 Å². The van der Waals surface area contributed by atoms with E-state index in [4.69, 9.17) is 18.9 Å². The first-order valence-corrected chi connectivity index (χ1v) is 6.99. The maximum absolute atomic E-state index is 14.0. The maximum atomic E-state index is 14.0. The van der Waals surface area contributed by atoms with Crippen molar-refractivity contribution in [3.8, 4) is 23.0 Å². The fraction of sp³-hybridized carbons (Fsp3) is 0.235. The maximum Gasteiger partial charge on any atom is 0.258 e. The molecule has 0 saturated carbocycles. The van der Waals surface area contributed by atoms with Crippen LogP contribution in [0.15, 0.2) is 30.3 Å². The number of rotatable bonds is 6. The molecular weight excluding hydrogens is 317 g/mol. The predicted octanol–water partition coefficient (Wildman–Crippen LogP) is 3.11. The first-order chi connectivity index (χ1) is 11.5. The van der Waals surface area contributed by atoms with Crippen LogP contribution in [-0.4, -0.2) is 34.3 Å². The molecule has 1 N–H and O–H groups in total. The first kappa shape index (κ1) is 17.4. The summed E-state index contributed by atoms with van der Waals surface area (Å²) in [7, 11) is 5.83. The smallest absolute Gasteiger partial charge is 0.258 e. The van der Waals surface area contributed by atoms with Gasteiger partial charge in [0.2, 0.25) is 5.75 Å². The van der Waals surface area contributed by atoms with Crippen LogP contribution in [0.25, 0.3) is 0 Å². The van der Waals surface area contributed by atoms with Crippen molar-refractivity contribution in [2.75, 3.05) is 33.8 Å². The Balaban J connectivity index is 2.32. The van der Waals surface area contributed by atoms with Gasteiger partial charge < -0.3 is 24.3 Å². The summed E-state index contributed by atoms with van der Waals surface area (Å²) < 4.78 is 34.5. The Morgan fingerprint density at radius 3 is 2.00 bits per heavy atom. The lowest BCUT2D eigenvalue weighted by Gasteiger charge is -2.14. The van der Waals surface area contributed by atoms with E-state index in [2.05, 4.69) is 5.32 Å². The third-order valence-corrected chi connectivity index (χ3v) is 3.34. The van der Waals surface area contributed by atoms with Crippen molar-refractivity contribution < 1.29 is 28.1 Å². The van der Waals surface area contributed by atoms with Gasteiger partial charge >= 0.3 is 0 Å². The summed E-state index contributed by atoms with van der Waals surface area (Å²) in [5.41, 5.74) is 0.272. The summed E-state index contributed by atoms with van der Waals surface area (Å²) in [4.78, 5) is 12.3. The van der Waals surface area contributed by atoms with E-state index in [1.165, 1.54) is 40.6 Å². The summed E-state index contributed by atoms with van der Waals surface area (Å²) in [5, 5.41) is 2.60. The zero-order valence-corrected chi connectivity index (χ0v) is 13.8. The summed E-state index contributed by atoms with van der Waals surface area (Å²) in [5.74, 6) is 0.193. The lowest BCUT2D eigenvalue weighted by atomic mass is 10.1. The molecule has 0 aliphatic rings. The number of ether oxygens (including phenoxy) is 4. The predicted molar refractivity (Wildman–Crippen MR) is 87.0 cm³/mol. The molecular formula is C17H18FNO5. The van der Waals surface area contributed by atoms with Gasteiger partial charge in [-0.1, -0.05) is 0 Å². The molecule has 2 rings (SSSR count). The molecule has 1 amide bonds. The van der Waals surface area contributed by atoms with Crippen LogP contribution < -0.4 is 24.3 Å². The third kappa shape index (κ3) is 3.51. The van der Waals surface area contributed by atoms with E-state index in [0.29, 0.717) is 28.7 Å². The minimum atomic E-state index is -0.681. The Kier molecular flexibility index (Phi) is 5.47. The number of anilines is 1. The standard InChI is InChI=1S/C17H18FNO5/c1-21-11-5-6-12(13(18)9-11)17(20)19-10-7-14(22-2)16(24-4)15(8-10)23-3/h5-9H,1-4H3,(H,19,20). The van der Waals surface area contributed by atoms with Crippen LogP contribution in [0.5, 0.6) is 23.0 Å². The molecule has 0 aliphatic carbocycles. The average molecular weight is 335 g/mol. The molecule has 0 aromatic heterocycles.